The Kier molecular flexibility index (Phi) is 8.05. The summed E-state index contributed by atoms with van der Waals surface area (Å²) in [5, 5.41) is 3.16. The van der Waals surface area contributed by atoms with E-state index in [1.807, 2.05) is 69.3 Å². The molecule has 4 rings (SSSR count). The molecule has 1 atom stereocenters. The number of hydrogen-bond donors (Lipinski definition) is 1. The number of amides is 1. The van der Waals surface area contributed by atoms with Crippen molar-refractivity contribution in [2.24, 2.45) is 11.3 Å². The van der Waals surface area contributed by atoms with Crippen molar-refractivity contribution in [2.45, 2.75) is 90.8 Å². The molecule has 1 unspecified atom stereocenters. The Morgan fingerprint density at radius 2 is 1.68 bits per heavy atom. The van der Waals surface area contributed by atoms with Gasteiger partial charge >= 0.3 is 11.9 Å². The van der Waals surface area contributed by atoms with E-state index in [9.17, 15) is 14.4 Å². The Morgan fingerprint density at radius 3 is 2.27 bits per heavy atom. The van der Waals surface area contributed by atoms with Gasteiger partial charge in [0, 0.05) is 12.6 Å². The van der Waals surface area contributed by atoms with Crippen LogP contribution in [-0.4, -0.2) is 23.4 Å². The summed E-state index contributed by atoms with van der Waals surface area (Å²) in [7, 11) is 0. The molecule has 0 heterocycles. The molecule has 0 spiro atoms. The van der Waals surface area contributed by atoms with E-state index in [-0.39, 0.29) is 30.4 Å². The molecule has 2 fully saturated rings. The molecule has 1 amide bonds. The minimum absolute atomic E-state index is 0.00920. The summed E-state index contributed by atoms with van der Waals surface area (Å²) in [5.41, 5.74) is 2.70. The first-order chi connectivity index (χ1) is 17.5. The largest absolute Gasteiger partial charge is 0.461 e. The number of ether oxygens (including phenoxy) is 2. The molecule has 2 aliphatic rings. The van der Waals surface area contributed by atoms with Gasteiger partial charge in [0.05, 0.1) is 11.3 Å². The maximum absolute atomic E-state index is 13.6. The predicted octanol–water partition coefficient (Wildman–Crippen LogP) is 6.33. The van der Waals surface area contributed by atoms with Gasteiger partial charge in [0.1, 0.15) is 12.2 Å². The summed E-state index contributed by atoms with van der Waals surface area (Å²) < 4.78 is 10.8. The molecular weight excluding hydrogens is 466 g/mol. The lowest BCUT2D eigenvalue weighted by molar-refractivity contribution is -0.161. The zero-order valence-corrected chi connectivity index (χ0v) is 22.5. The van der Waals surface area contributed by atoms with Crippen molar-refractivity contribution in [3.63, 3.8) is 0 Å². The second-order valence-electron chi connectivity index (χ2n) is 11.7. The molecule has 2 saturated carbocycles. The summed E-state index contributed by atoms with van der Waals surface area (Å²) >= 11 is 0. The number of nitrogens with one attached hydrogen (secondary N) is 1. The Morgan fingerprint density at radius 1 is 1.00 bits per heavy atom. The Bertz CT molecular complexity index is 1120. The summed E-state index contributed by atoms with van der Waals surface area (Å²) in [6.07, 6.45) is 6.62. The standard InChI is InChI=1S/C31H39NO5/c1-21(33)36-20-22-12-14-25(15-13-22)27(24-9-5-6-10-24)28(34)32-26-11-7-8-23(18-26)19-31(16-17-31)29(35)37-30(2,3)4/h7-8,11-15,18,24,27H,5-6,9-10,16-17,19-20H2,1-4H3,(H,32,34). The zero-order chi connectivity index (χ0) is 26.6. The molecule has 0 radical (unpaired) electrons. The summed E-state index contributed by atoms with van der Waals surface area (Å²) in [6.45, 7) is 7.31. The van der Waals surface area contributed by atoms with Gasteiger partial charge in [-0.05, 0) is 87.6 Å². The normalized spacial score (nSPS) is 17.6. The molecule has 2 aromatic rings. The van der Waals surface area contributed by atoms with Gasteiger partial charge in [-0.15, -0.1) is 0 Å². The molecule has 0 aliphatic heterocycles. The maximum atomic E-state index is 13.6. The van der Waals surface area contributed by atoms with Crippen LogP contribution in [-0.2, 0) is 36.9 Å². The lowest BCUT2D eigenvalue weighted by Gasteiger charge is -2.24. The monoisotopic (exact) mass is 505 g/mol. The highest BCUT2D eigenvalue weighted by Gasteiger charge is 2.52. The number of esters is 2. The predicted molar refractivity (Wildman–Crippen MR) is 143 cm³/mol. The summed E-state index contributed by atoms with van der Waals surface area (Å²) in [5.74, 6) is -0.402. The molecule has 6 nitrogen and oxygen atoms in total. The van der Waals surface area contributed by atoms with Gasteiger partial charge in [-0.25, -0.2) is 0 Å². The number of rotatable bonds is 9. The van der Waals surface area contributed by atoms with E-state index < -0.39 is 11.0 Å². The molecule has 0 aromatic heterocycles. The lowest BCUT2D eigenvalue weighted by atomic mass is 9.83. The molecule has 2 aliphatic carbocycles. The minimum atomic E-state index is -0.504. The van der Waals surface area contributed by atoms with Crippen LogP contribution >= 0.6 is 0 Å². The molecule has 37 heavy (non-hydrogen) atoms. The third-order valence-corrected chi connectivity index (χ3v) is 7.36. The van der Waals surface area contributed by atoms with Crippen molar-refractivity contribution in [2.75, 3.05) is 5.32 Å². The van der Waals surface area contributed by atoms with E-state index in [4.69, 9.17) is 9.47 Å². The second kappa shape index (κ2) is 11.1. The van der Waals surface area contributed by atoms with E-state index in [1.54, 1.807) is 0 Å². The summed E-state index contributed by atoms with van der Waals surface area (Å²) in [4.78, 5) is 37.5. The number of hydrogen-bond acceptors (Lipinski definition) is 5. The van der Waals surface area contributed by atoms with Gasteiger partial charge in [0.15, 0.2) is 0 Å². The van der Waals surface area contributed by atoms with Crippen LogP contribution in [0, 0.1) is 11.3 Å². The van der Waals surface area contributed by atoms with Crippen LogP contribution in [0.2, 0.25) is 0 Å². The average molecular weight is 506 g/mol. The van der Waals surface area contributed by atoms with E-state index in [0.717, 1.165) is 60.9 Å². The van der Waals surface area contributed by atoms with E-state index >= 15 is 0 Å². The third-order valence-electron chi connectivity index (χ3n) is 7.36. The van der Waals surface area contributed by atoms with E-state index in [1.165, 1.54) is 6.92 Å². The van der Waals surface area contributed by atoms with Crippen molar-refractivity contribution in [3.05, 3.63) is 65.2 Å². The maximum Gasteiger partial charge on any atom is 0.312 e. The zero-order valence-electron chi connectivity index (χ0n) is 22.5. The van der Waals surface area contributed by atoms with Crippen molar-refractivity contribution >= 4 is 23.5 Å². The van der Waals surface area contributed by atoms with E-state index in [2.05, 4.69) is 5.32 Å². The number of anilines is 1. The number of carbonyl (C=O) groups is 3. The van der Waals surface area contributed by atoms with Crippen LogP contribution in [0.3, 0.4) is 0 Å². The lowest BCUT2D eigenvalue weighted by Crippen LogP contribution is -2.30. The molecular formula is C31H39NO5. The van der Waals surface area contributed by atoms with Crippen LogP contribution in [0.15, 0.2) is 48.5 Å². The van der Waals surface area contributed by atoms with Gasteiger partial charge in [0.2, 0.25) is 5.91 Å². The molecule has 0 bridgehead atoms. The van der Waals surface area contributed by atoms with Crippen molar-refractivity contribution in [3.8, 4) is 0 Å². The van der Waals surface area contributed by atoms with Crippen LogP contribution in [0.25, 0.3) is 0 Å². The fourth-order valence-corrected chi connectivity index (χ4v) is 5.29. The average Bonchev–Trinajstić information content (AvgIpc) is 3.41. The molecule has 2 aromatic carbocycles. The van der Waals surface area contributed by atoms with Gasteiger partial charge in [-0.3, -0.25) is 14.4 Å². The Balaban J connectivity index is 1.46. The van der Waals surface area contributed by atoms with Crippen molar-refractivity contribution in [1.29, 1.82) is 0 Å². The quantitative estimate of drug-likeness (QED) is 0.403. The fourth-order valence-electron chi connectivity index (χ4n) is 5.29. The van der Waals surface area contributed by atoms with Crippen LogP contribution in [0.1, 0.15) is 88.8 Å². The number of benzene rings is 2. The van der Waals surface area contributed by atoms with Crippen LogP contribution in [0.4, 0.5) is 5.69 Å². The molecule has 198 valence electrons. The van der Waals surface area contributed by atoms with Crippen LogP contribution < -0.4 is 5.32 Å². The van der Waals surface area contributed by atoms with Crippen molar-refractivity contribution in [1.82, 2.24) is 0 Å². The highest BCUT2D eigenvalue weighted by atomic mass is 16.6. The van der Waals surface area contributed by atoms with Gasteiger partial charge in [-0.1, -0.05) is 49.2 Å². The molecule has 0 saturated heterocycles. The SMILES string of the molecule is CC(=O)OCc1ccc(C(C(=O)Nc2cccc(CC3(C(=O)OC(C)(C)C)CC3)c2)C2CCCC2)cc1. The topological polar surface area (TPSA) is 81.7 Å². The molecule has 6 heteroatoms. The fraction of sp³-hybridized carbons (Fsp3) is 0.516. The highest BCUT2D eigenvalue weighted by Crippen LogP contribution is 2.50. The highest BCUT2D eigenvalue weighted by molar-refractivity contribution is 5.96. The van der Waals surface area contributed by atoms with E-state index in [0.29, 0.717) is 12.3 Å². The Hall–Kier alpha value is -3.15. The first-order valence-corrected chi connectivity index (χ1v) is 13.4. The van der Waals surface area contributed by atoms with Crippen molar-refractivity contribution < 1.29 is 23.9 Å². The summed E-state index contributed by atoms with van der Waals surface area (Å²) in [6, 6.07) is 15.7. The molecule has 1 N–H and O–H groups in total. The minimum Gasteiger partial charge on any atom is -0.461 e. The van der Waals surface area contributed by atoms with Crippen LogP contribution in [0.5, 0.6) is 0 Å². The Labute approximate surface area is 220 Å². The first kappa shape index (κ1) is 26.9. The first-order valence-electron chi connectivity index (χ1n) is 13.4. The van der Waals surface area contributed by atoms with Gasteiger partial charge < -0.3 is 14.8 Å². The number of carbonyl (C=O) groups excluding carboxylic acids is 3. The smallest absolute Gasteiger partial charge is 0.312 e. The second-order valence-corrected chi connectivity index (χ2v) is 11.7. The van der Waals surface area contributed by atoms with Gasteiger partial charge in [0.25, 0.3) is 0 Å². The third kappa shape index (κ3) is 7.21. The van der Waals surface area contributed by atoms with Gasteiger partial charge in [-0.2, -0.15) is 0 Å².